The van der Waals surface area contributed by atoms with E-state index >= 15 is 0 Å². The fourth-order valence-corrected chi connectivity index (χ4v) is 4.93. The van der Waals surface area contributed by atoms with Gasteiger partial charge >= 0.3 is 0 Å². The van der Waals surface area contributed by atoms with Crippen LogP contribution >= 0.6 is 0 Å². The molecule has 2 aromatic rings. The Bertz CT molecular complexity index is 870. The van der Waals surface area contributed by atoms with Crippen molar-refractivity contribution in [1.82, 2.24) is 9.62 Å². The second-order valence-electron chi connectivity index (χ2n) is 7.60. The Labute approximate surface area is 168 Å². The Morgan fingerprint density at radius 2 is 1.86 bits per heavy atom. The lowest BCUT2D eigenvalue weighted by Crippen LogP contribution is -2.58. The van der Waals surface area contributed by atoms with Gasteiger partial charge in [-0.2, -0.15) is 0 Å². The summed E-state index contributed by atoms with van der Waals surface area (Å²) in [4.78, 5) is 2.06. The van der Waals surface area contributed by atoms with Crippen molar-refractivity contribution >= 4 is 10.0 Å². The standard InChI is InChI=1S/C22H30N2O3S/c1-3-22(25)24-14-8-13-20(23-28(2,26)27)21(24)16-17-9-7-12-19(15-17)18-10-5-4-6-11-18/h4-7,9-12,15,20-23,25H,3,8,13-14,16H2,1-2H3. The normalized spacial score (nSPS) is 22.1. The third-order valence-corrected chi connectivity index (χ3v) is 6.15. The minimum absolute atomic E-state index is 0.0792. The van der Waals surface area contributed by atoms with Gasteiger partial charge in [0.25, 0.3) is 0 Å². The van der Waals surface area contributed by atoms with Crippen LogP contribution in [0.25, 0.3) is 11.1 Å². The Morgan fingerprint density at radius 1 is 1.14 bits per heavy atom. The van der Waals surface area contributed by atoms with E-state index in [2.05, 4.69) is 40.0 Å². The number of aliphatic hydroxyl groups excluding tert-OH is 1. The van der Waals surface area contributed by atoms with Gasteiger partial charge in [-0.3, -0.25) is 4.90 Å². The molecule has 0 saturated carbocycles. The molecule has 0 aliphatic carbocycles. The first-order valence-corrected chi connectivity index (χ1v) is 11.8. The van der Waals surface area contributed by atoms with Crippen LogP contribution in [0.4, 0.5) is 0 Å². The van der Waals surface area contributed by atoms with E-state index in [0.717, 1.165) is 36.1 Å². The predicted octanol–water partition coefficient (Wildman–Crippen LogP) is 3.01. The SMILES string of the molecule is CCC(O)N1CCCC(NS(C)(=O)=O)C1Cc1cccc(-c2ccccc2)c1. The average molecular weight is 403 g/mol. The number of rotatable bonds is 7. The molecule has 1 aliphatic rings. The molecule has 1 fully saturated rings. The van der Waals surface area contributed by atoms with Gasteiger partial charge in [0.1, 0.15) is 6.23 Å². The van der Waals surface area contributed by atoms with Gasteiger partial charge in [0.05, 0.1) is 6.26 Å². The molecular formula is C22H30N2O3S. The van der Waals surface area contributed by atoms with Crippen molar-refractivity contribution in [2.24, 2.45) is 0 Å². The molecule has 152 valence electrons. The molecule has 2 aromatic carbocycles. The summed E-state index contributed by atoms with van der Waals surface area (Å²) < 4.78 is 26.6. The van der Waals surface area contributed by atoms with Crippen molar-refractivity contribution in [2.45, 2.75) is 50.9 Å². The molecule has 3 unspecified atom stereocenters. The number of sulfonamides is 1. The molecule has 0 spiro atoms. The largest absolute Gasteiger partial charge is 0.378 e. The lowest BCUT2D eigenvalue weighted by molar-refractivity contribution is -0.0499. The molecular weight excluding hydrogens is 372 g/mol. The molecule has 6 heteroatoms. The Balaban J connectivity index is 1.88. The van der Waals surface area contributed by atoms with Gasteiger partial charge in [-0.15, -0.1) is 0 Å². The molecule has 2 N–H and O–H groups in total. The molecule has 0 amide bonds. The predicted molar refractivity (Wildman–Crippen MR) is 113 cm³/mol. The molecule has 0 bridgehead atoms. The first-order valence-electron chi connectivity index (χ1n) is 9.93. The van der Waals surface area contributed by atoms with E-state index in [0.29, 0.717) is 12.8 Å². The molecule has 1 heterocycles. The lowest BCUT2D eigenvalue weighted by atomic mass is 9.90. The number of likely N-dealkylation sites (tertiary alicyclic amines) is 1. The highest BCUT2D eigenvalue weighted by atomic mass is 32.2. The minimum atomic E-state index is -3.31. The van der Waals surface area contributed by atoms with Crippen LogP contribution in [0, 0.1) is 0 Å². The minimum Gasteiger partial charge on any atom is -0.378 e. The van der Waals surface area contributed by atoms with E-state index in [9.17, 15) is 13.5 Å². The Hall–Kier alpha value is -1.73. The summed E-state index contributed by atoms with van der Waals surface area (Å²) in [6, 6.07) is 18.3. The summed E-state index contributed by atoms with van der Waals surface area (Å²) in [7, 11) is -3.31. The summed E-state index contributed by atoms with van der Waals surface area (Å²) >= 11 is 0. The third kappa shape index (κ3) is 5.41. The summed E-state index contributed by atoms with van der Waals surface area (Å²) in [6.45, 7) is 2.73. The summed E-state index contributed by atoms with van der Waals surface area (Å²) in [5.74, 6) is 0. The van der Waals surface area contributed by atoms with Crippen molar-refractivity contribution in [1.29, 1.82) is 0 Å². The van der Waals surface area contributed by atoms with Gasteiger partial charge in [-0.1, -0.05) is 61.5 Å². The zero-order chi connectivity index (χ0) is 20.1. The zero-order valence-corrected chi connectivity index (χ0v) is 17.4. The second-order valence-corrected chi connectivity index (χ2v) is 9.38. The number of aliphatic hydroxyl groups is 1. The molecule has 3 atom stereocenters. The van der Waals surface area contributed by atoms with Crippen molar-refractivity contribution < 1.29 is 13.5 Å². The van der Waals surface area contributed by atoms with Gasteiger partial charge in [0.15, 0.2) is 0 Å². The smallest absolute Gasteiger partial charge is 0.209 e. The first-order chi connectivity index (χ1) is 13.4. The molecule has 28 heavy (non-hydrogen) atoms. The summed E-state index contributed by atoms with van der Waals surface area (Å²) in [5, 5.41) is 10.5. The molecule has 5 nitrogen and oxygen atoms in total. The van der Waals surface area contributed by atoms with E-state index in [1.54, 1.807) is 0 Å². The molecule has 1 aliphatic heterocycles. The van der Waals surface area contributed by atoms with E-state index in [-0.39, 0.29) is 12.1 Å². The zero-order valence-electron chi connectivity index (χ0n) is 16.6. The lowest BCUT2D eigenvalue weighted by Gasteiger charge is -2.43. The topological polar surface area (TPSA) is 69.6 Å². The van der Waals surface area contributed by atoms with Crippen LogP contribution in [0.1, 0.15) is 31.7 Å². The number of hydrogen-bond donors (Lipinski definition) is 2. The highest BCUT2D eigenvalue weighted by Crippen LogP contribution is 2.26. The van der Waals surface area contributed by atoms with Gasteiger partial charge in [0, 0.05) is 18.6 Å². The summed E-state index contributed by atoms with van der Waals surface area (Å²) in [6.07, 6.45) is 3.59. The monoisotopic (exact) mass is 402 g/mol. The van der Waals surface area contributed by atoms with Crippen LogP contribution < -0.4 is 4.72 Å². The molecule has 0 radical (unpaired) electrons. The van der Waals surface area contributed by atoms with Crippen molar-refractivity contribution in [3.8, 4) is 11.1 Å². The molecule has 3 rings (SSSR count). The second kappa shape index (κ2) is 9.18. The van der Waals surface area contributed by atoms with Crippen LogP contribution in [-0.4, -0.2) is 49.5 Å². The Morgan fingerprint density at radius 3 is 2.54 bits per heavy atom. The fraction of sp³-hybridized carbons (Fsp3) is 0.455. The fourth-order valence-electron chi connectivity index (χ4n) is 4.11. The first kappa shape index (κ1) is 21.0. The van der Waals surface area contributed by atoms with Crippen molar-refractivity contribution in [3.05, 3.63) is 60.2 Å². The molecule has 0 aromatic heterocycles. The van der Waals surface area contributed by atoms with E-state index in [1.807, 2.05) is 31.2 Å². The van der Waals surface area contributed by atoms with Gasteiger partial charge < -0.3 is 5.11 Å². The van der Waals surface area contributed by atoms with E-state index in [4.69, 9.17) is 0 Å². The van der Waals surface area contributed by atoms with Crippen LogP contribution in [0.2, 0.25) is 0 Å². The van der Waals surface area contributed by atoms with Crippen molar-refractivity contribution in [2.75, 3.05) is 12.8 Å². The maximum atomic E-state index is 11.9. The number of nitrogens with one attached hydrogen (secondary N) is 1. The van der Waals surface area contributed by atoms with Crippen LogP contribution in [0.3, 0.4) is 0 Å². The van der Waals surface area contributed by atoms with Crippen LogP contribution in [0.5, 0.6) is 0 Å². The van der Waals surface area contributed by atoms with Gasteiger partial charge in [-0.25, -0.2) is 13.1 Å². The Kier molecular flexibility index (Phi) is 6.88. The molecule has 1 saturated heterocycles. The van der Waals surface area contributed by atoms with Gasteiger partial charge in [-0.05, 0) is 42.4 Å². The maximum absolute atomic E-state index is 11.9. The van der Waals surface area contributed by atoms with Gasteiger partial charge in [0.2, 0.25) is 10.0 Å². The third-order valence-electron chi connectivity index (χ3n) is 5.41. The van der Waals surface area contributed by atoms with E-state index < -0.39 is 16.3 Å². The average Bonchev–Trinajstić information content (AvgIpc) is 2.68. The number of benzene rings is 2. The number of hydrogen-bond acceptors (Lipinski definition) is 4. The van der Waals surface area contributed by atoms with E-state index in [1.165, 1.54) is 6.26 Å². The summed E-state index contributed by atoms with van der Waals surface area (Å²) in [5.41, 5.74) is 3.44. The van der Waals surface area contributed by atoms with Crippen LogP contribution in [-0.2, 0) is 16.4 Å². The van der Waals surface area contributed by atoms with Crippen LogP contribution in [0.15, 0.2) is 54.6 Å². The maximum Gasteiger partial charge on any atom is 0.209 e. The quantitative estimate of drug-likeness (QED) is 0.747. The number of nitrogens with zero attached hydrogens (tertiary/aromatic N) is 1. The van der Waals surface area contributed by atoms with Crippen molar-refractivity contribution in [3.63, 3.8) is 0 Å². The number of piperidine rings is 1. The highest BCUT2D eigenvalue weighted by Gasteiger charge is 2.35. The highest BCUT2D eigenvalue weighted by molar-refractivity contribution is 7.88.